The molecule has 2 aliphatic rings. The van der Waals surface area contributed by atoms with Crippen molar-refractivity contribution in [1.82, 2.24) is 9.29 Å². The number of carbonyl (C=O) groups is 1. The number of sulfonamides is 1. The Bertz CT molecular complexity index is 1450. The summed E-state index contributed by atoms with van der Waals surface area (Å²) in [6.07, 6.45) is 8.20. The average molecular weight is 570 g/mol. The molecule has 1 aliphatic carbocycles. The topological polar surface area (TPSA) is 79.8 Å². The summed E-state index contributed by atoms with van der Waals surface area (Å²) < 4.78 is 60.9. The summed E-state index contributed by atoms with van der Waals surface area (Å²) in [6, 6.07) is 11.7. The molecule has 1 amide bonds. The first-order chi connectivity index (χ1) is 19.2. The lowest BCUT2D eigenvalue weighted by atomic mass is 9.85. The van der Waals surface area contributed by atoms with Crippen LogP contribution in [0.5, 0.6) is 5.75 Å². The molecule has 0 bridgehead atoms. The quantitative estimate of drug-likeness (QED) is 0.347. The summed E-state index contributed by atoms with van der Waals surface area (Å²) in [4.78, 5) is 19.7. The Morgan fingerprint density at radius 1 is 1.05 bits per heavy atom. The normalized spacial score (nSPS) is 18.2. The first kappa shape index (κ1) is 28.2. The SMILES string of the molecule is COc1ccc(N(Cc2ccc(C3CCCCC3)cn2)C(=O)[C@H]2CCN2S(=O)(=O)c2cc(C)c(F)c(F)c2)cc1. The number of amides is 1. The van der Waals surface area contributed by atoms with Crippen molar-refractivity contribution >= 4 is 21.6 Å². The summed E-state index contributed by atoms with van der Waals surface area (Å²) in [7, 11) is -2.68. The number of methoxy groups -OCH3 is 1. The van der Waals surface area contributed by atoms with Crippen LogP contribution >= 0.6 is 0 Å². The van der Waals surface area contributed by atoms with Gasteiger partial charge in [0, 0.05) is 18.4 Å². The molecule has 0 spiro atoms. The molecule has 7 nitrogen and oxygen atoms in total. The highest BCUT2D eigenvalue weighted by Gasteiger charge is 2.45. The predicted octanol–water partition coefficient (Wildman–Crippen LogP) is 5.72. The number of benzene rings is 2. The highest BCUT2D eigenvalue weighted by molar-refractivity contribution is 7.89. The van der Waals surface area contributed by atoms with Crippen molar-refractivity contribution < 1.29 is 26.7 Å². The van der Waals surface area contributed by atoms with Crippen LogP contribution in [0.4, 0.5) is 14.5 Å². The smallest absolute Gasteiger partial charge is 0.245 e. The van der Waals surface area contributed by atoms with E-state index in [1.165, 1.54) is 36.6 Å². The van der Waals surface area contributed by atoms with Crippen molar-refractivity contribution in [2.75, 3.05) is 18.6 Å². The molecule has 212 valence electrons. The van der Waals surface area contributed by atoms with Crippen LogP contribution in [0.25, 0.3) is 0 Å². The Balaban J connectivity index is 1.41. The number of halogens is 2. The highest BCUT2D eigenvalue weighted by Crippen LogP contribution is 2.34. The first-order valence-corrected chi connectivity index (χ1v) is 15.0. The van der Waals surface area contributed by atoms with E-state index in [1.54, 1.807) is 31.4 Å². The van der Waals surface area contributed by atoms with Crippen molar-refractivity contribution in [2.45, 2.75) is 68.8 Å². The molecular weight excluding hydrogens is 536 g/mol. The molecule has 1 atom stereocenters. The maximum absolute atomic E-state index is 14.1. The van der Waals surface area contributed by atoms with Crippen LogP contribution in [0.3, 0.4) is 0 Å². The number of carbonyl (C=O) groups excluding carboxylic acids is 1. The van der Waals surface area contributed by atoms with Crippen LogP contribution in [0, 0.1) is 18.6 Å². The largest absolute Gasteiger partial charge is 0.497 e. The fourth-order valence-corrected chi connectivity index (χ4v) is 7.21. The Kier molecular flexibility index (Phi) is 8.19. The van der Waals surface area contributed by atoms with Gasteiger partial charge in [0.25, 0.3) is 0 Å². The second-order valence-electron chi connectivity index (χ2n) is 10.5. The van der Waals surface area contributed by atoms with Crippen molar-refractivity contribution in [3.05, 3.63) is 83.2 Å². The summed E-state index contributed by atoms with van der Waals surface area (Å²) in [5.74, 6) is -1.64. The first-order valence-electron chi connectivity index (χ1n) is 13.6. The van der Waals surface area contributed by atoms with E-state index in [4.69, 9.17) is 4.74 Å². The zero-order chi connectivity index (χ0) is 28.4. The molecule has 1 aliphatic heterocycles. The van der Waals surface area contributed by atoms with Gasteiger partial charge in [-0.25, -0.2) is 17.2 Å². The van der Waals surface area contributed by atoms with Gasteiger partial charge in [-0.05, 0) is 85.7 Å². The van der Waals surface area contributed by atoms with Crippen LogP contribution < -0.4 is 9.64 Å². The number of rotatable bonds is 8. The Labute approximate surface area is 233 Å². The van der Waals surface area contributed by atoms with Crippen LogP contribution in [-0.2, 0) is 21.4 Å². The number of pyridine rings is 1. The summed E-state index contributed by atoms with van der Waals surface area (Å²) >= 11 is 0. The minimum absolute atomic E-state index is 0.0988. The Hall–Kier alpha value is -3.37. The van der Waals surface area contributed by atoms with Gasteiger partial charge in [0.1, 0.15) is 11.8 Å². The van der Waals surface area contributed by atoms with Crippen molar-refractivity contribution in [3.8, 4) is 5.75 Å². The molecule has 10 heteroatoms. The summed E-state index contributed by atoms with van der Waals surface area (Å²) in [5.41, 5.74) is 2.32. The molecule has 0 N–H and O–H groups in total. The molecule has 2 heterocycles. The van der Waals surface area contributed by atoms with E-state index < -0.39 is 33.6 Å². The fraction of sp³-hybridized carbons (Fsp3) is 0.400. The average Bonchev–Trinajstić information content (AvgIpc) is 2.94. The minimum atomic E-state index is -4.23. The second kappa shape index (κ2) is 11.6. The van der Waals surface area contributed by atoms with Crippen molar-refractivity contribution in [1.29, 1.82) is 0 Å². The van der Waals surface area contributed by atoms with Gasteiger partial charge in [0.2, 0.25) is 15.9 Å². The molecule has 2 aromatic carbocycles. The fourth-order valence-electron chi connectivity index (χ4n) is 5.48. The van der Waals surface area contributed by atoms with Gasteiger partial charge in [-0.15, -0.1) is 0 Å². The summed E-state index contributed by atoms with van der Waals surface area (Å²) in [5, 5.41) is 0. The summed E-state index contributed by atoms with van der Waals surface area (Å²) in [6.45, 7) is 1.54. The number of hydrogen-bond acceptors (Lipinski definition) is 5. The molecular formula is C30H33F2N3O4S. The van der Waals surface area contributed by atoms with E-state index in [-0.39, 0.29) is 23.5 Å². The molecule has 1 saturated heterocycles. The molecule has 3 aromatic rings. The van der Waals surface area contributed by atoms with Gasteiger partial charge >= 0.3 is 0 Å². The van der Waals surface area contributed by atoms with E-state index >= 15 is 0 Å². The second-order valence-corrected chi connectivity index (χ2v) is 12.4. The van der Waals surface area contributed by atoms with Crippen LogP contribution in [-0.4, -0.2) is 43.3 Å². The third-order valence-corrected chi connectivity index (χ3v) is 9.83. The molecule has 1 saturated carbocycles. The maximum Gasteiger partial charge on any atom is 0.245 e. The van der Waals surface area contributed by atoms with Crippen molar-refractivity contribution in [3.63, 3.8) is 0 Å². The number of nitrogens with zero attached hydrogens (tertiary/aromatic N) is 3. The maximum atomic E-state index is 14.1. The molecule has 2 fully saturated rings. The van der Waals surface area contributed by atoms with E-state index in [9.17, 15) is 22.0 Å². The van der Waals surface area contributed by atoms with Crippen LogP contribution in [0.1, 0.15) is 61.3 Å². The third-order valence-electron chi connectivity index (χ3n) is 7.94. The lowest BCUT2D eigenvalue weighted by Gasteiger charge is -2.41. The number of hydrogen-bond donors (Lipinski definition) is 0. The van der Waals surface area contributed by atoms with Crippen LogP contribution in [0.15, 0.2) is 59.6 Å². The van der Waals surface area contributed by atoms with Gasteiger partial charge in [-0.3, -0.25) is 9.78 Å². The van der Waals surface area contributed by atoms with E-state index in [1.807, 2.05) is 12.3 Å². The highest BCUT2D eigenvalue weighted by atomic mass is 32.2. The third kappa shape index (κ3) is 5.60. The van der Waals surface area contributed by atoms with E-state index in [0.717, 1.165) is 23.2 Å². The molecule has 0 unspecified atom stereocenters. The predicted molar refractivity (Wildman–Crippen MR) is 148 cm³/mol. The standard InChI is InChI=1S/C30H33F2N3O4S/c1-20-16-26(17-27(31)29(20)32)40(37,38)35-15-14-28(35)30(36)34(24-10-12-25(39-2)13-11-24)19-23-9-8-22(18-33-23)21-6-4-3-5-7-21/h8-13,16-18,21,28H,3-7,14-15,19H2,1-2H3/t28-/m1/s1. The zero-order valence-corrected chi connectivity index (χ0v) is 23.5. The lowest BCUT2D eigenvalue weighted by molar-refractivity contribution is -0.125. The number of ether oxygens (including phenoxy) is 1. The van der Waals surface area contributed by atoms with E-state index in [0.29, 0.717) is 35.5 Å². The number of aromatic nitrogens is 1. The van der Waals surface area contributed by atoms with Gasteiger partial charge in [0.05, 0.1) is 24.2 Å². The van der Waals surface area contributed by atoms with E-state index in [2.05, 4.69) is 11.1 Å². The lowest BCUT2D eigenvalue weighted by Crippen LogP contribution is -2.59. The number of anilines is 1. The van der Waals surface area contributed by atoms with Crippen LogP contribution in [0.2, 0.25) is 0 Å². The van der Waals surface area contributed by atoms with Gasteiger partial charge in [-0.2, -0.15) is 4.31 Å². The molecule has 40 heavy (non-hydrogen) atoms. The minimum Gasteiger partial charge on any atom is -0.497 e. The Morgan fingerprint density at radius 2 is 1.77 bits per heavy atom. The van der Waals surface area contributed by atoms with Crippen molar-refractivity contribution in [2.24, 2.45) is 0 Å². The Morgan fingerprint density at radius 3 is 2.35 bits per heavy atom. The number of aryl methyl sites for hydroxylation is 1. The molecule has 5 rings (SSSR count). The molecule has 0 radical (unpaired) electrons. The van der Waals surface area contributed by atoms with Gasteiger partial charge < -0.3 is 9.64 Å². The van der Waals surface area contributed by atoms with Gasteiger partial charge in [-0.1, -0.05) is 25.3 Å². The zero-order valence-electron chi connectivity index (χ0n) is 22.6. The van der Waals surface area contributed by atoms with Gasteiger partial charge in [0.15, 0.2) is 11.6 Å². The monoisotopic (exact) mass is 569 g/mol. The molecule has 1 aromatic heterocycles.